The molecule has 7 nitrogen and oxygen atoms in total. The molecule has 0 radical (unpaired) electrons. The molecule has 3 saturated heterocycles. The van der Waals surface area contributed by atoms with E-state index in [0.29, 0.717) is 44.7 Å². The van der Waals surface area contributed by atoms with E-state index in [4.69, 9.17) is 0 Å². The Labute approximate surface area is 174 Å². The quantitative estimate of drug-likeness (QED) is 0.730. The molecule has 29 heavy (non-hydrogen) atoms. The summed E-state index contributed by atoms with van der Waals surface area (Å²) < 4.78 is 0. The van der Waals surface area contributed by atoms with Crippen LogP contribution < -0.4 is 5.32 Å². The Hall–Kier alpha value is -1.63. The van der Waals surface area contributed by atoms with Crippen molar-refractivity contribution in [2.24, 2.45) is 5.92 Å². The summed E-state index contributed by atoms with van der Waals surface area (Å²) in [4.78, 5) is 44.6. The average Bonchev–Trinajstić information content (AvgIpc) is 2.99. The number of imide groups is 1. The largest absolute Gasteiger partial charge is 0.342 e. The molecule has 1 N–H and O–H groups in total. The Morgan fingerprint density at radius 3 is 2.28 bits per heavy atom. The van der Waals surface area contributed by atoms with Gasteiger partial charge in [0.2, 0.25) is 5.91 Å². The van der Waals surface area contributed by atoms with Gasteiger partial charge in [-0.1, -0.05) is 26.2 Å². The Morgan fingerprint density at radius 2 is 1.66 bits per heavy atom. The summed E-state index contributed by atoms with van der Waals surface area (Å²) in [6.45, 7) is 6.27. The molecule has 162 valence electrons. The lowest BCUT2D eigenvalue weighted by Crippen LogP contribution is -2.56. The van der Waals surface area contributed by atoms with Gasteiger partial charge in [0.15, 0.2) is 0 Å². The summed E-state index contributed by atoms with van der Waals surface area (Å²) in [5, 5.41) is 3.04. The highest BCUT2D eigenvalue weighted by atomic mass is 16.2. The van der Waals surface area contributed by atoms with E-state index >= 15 is 0 Å². The molecule has 1 aliphatic carbocycles. The van der Waals surface area contributed by atoms with Crippen molar-refractivity contribution in [2.45, 2.75) is 82.7 Å². The van der Waals surface area contributed by atoms with Crippen molar-refractivity contribution in [3.63, 3.8) is 0 Å². The maximum atomic E-state index is 13.3. The first kappa shape index (κ1) is 20.6. The molecule has 0 aromatic rings. The number of urea groups is 1. The number of carbonyl (C=O) groups is 3. The Kier molecular flexibility index (Phi) is 6.13. The SMILES string of the molecule is CCCN1CCC2(CC1)NC(=O)N(C1CCN(C(=O)C3CCCCC3)CC1)C2=O. The summed E-state index contributed by atoms with van der Waals surface area (Å²) in [5.41, 5.74) is -0.698. The van der Waals surface area contributed by atoms with Gasteiger partial charge in [-0.2, -0.15) is 0 Å². The third-order valence-corrected chi connectivity index (χ3v) is 7.54. The summed E-state index contributed by atoms with van der Waals surface area (Å²) in [7, 11) is 0. The van der Waals surface area contributed by atoms with Crippen LogP contribution in [0.5, 0.6) is 0 Å². The minimum atomic E-state index is -0.698. The molecule has 3 heterocycles. The molecule has 4 amide bonds. The molecule has 1 spiro atoms. The van der Waals surface area contributed by atoms with Gasteiger partial charge in [0.1, 0.15) is 5.54 Å². The monoisotopic (exact) mass is 404 g/mol. The number of hydrogen-bond donors (Lipinski definition) is 1. The topological polar surface area (TPSA) is 73.0 Å². The summed E-state index contributed by atoms with van der Waals surface area (Å²) >= 11 is 0. The number of carbonyl (C=O) groups excluding carboxylic acids is 3. The van der Waals surface area contributed by atoms with Gasteiger partial charge in [-0.25, -0.2) is 4.79 Å². The second kappa shape index (κ2) is 8.62. The Morgan fingerprint density at radius 1 is 1.00 bits per heavy atom. The van der Waals surface area contributed by atoms with Crippen LogP contribution in [0.3, 0.4) is 0 Å². The molecule has 0 aromatic carbocycles. The predicted octanol–water partition coefficient (Wildman–Crippen LogP) is 2.35. The van der Waals surface area contributed by atoms with Gasteiger partial charge in [-0.15, -0.1) is 0 Å². The van der Waals surface area contributed by atoms with Crippen molar-refractivity contribution >= 4 is 17.8 Å². The van der Waals surface area contributed by atoms with Crippen molar-refractivity contribution in [1.29, 1.82) is 0 Å². The molecule has 3 aliphatic heterocycles. The molecule has 0 atom stereocenters. The highest BCUT2D eigenvalue weighted by Crippen LogP contribution is 2.33. The van der Waals surface area contributed by atoms with Crippen LogP contribution in [0.4, 0.5) is 4.79 Å². The van der Waals surface area contributed by atoms with E-state index in [1.165, 1.54) is 11.3 Å². The lowest BCUT2D eigenvalue weighted by molar-refractivity contribution is -0.139. The van der Waals surface area contributed by atoms with Crippen molar-refractivity contribution in [3.8, 4) is 0 Å². The van der Waals surface area contributed by atoms with E-state index in [-0.39, 0.29) is 23.9 Å². The Balaban J connectivity index is 1.33. The fraction of sp³-hybridized carbons (Fsp3) is 0.864. The zero-order valence-corrected chi connectivity index (χ0v) is 17.8. The fourth-order valence-corrected chi connectivity index (χ4v) is 5.74. The zero-order chi connectivity index (χ0) is 20.4. The fourth-order valence-electron chi connectivity index (χ4n) is 5.74. The molecule has 4 fully saturated rings. The average molecular weight is 405 g/mol. The number of rotatable bonds is 4. The predicted molar refractivity (Wildman–Crippen MR) is 110 cm³/mol. The van der Waals surface area contributed by atoms with Crippen LogP contribution in [0, 0.1) is 5.92 Å². The van der Waals surface area contributed by atoms with Gasteiger partial charge >= 0.3 is 6.03 Å². The lowest BCUT2D eigenvalue weighted by Gasteiger charge is -2.39. The van der Waals surface area contributed by atoms with Gasteiger partial charge in [0.05, 0.1) is 0 Å². The number of nitrogens with zero attached hydrogens (tertiary/aromatic N) is 3. The Bertz CT molecular complexity index is 630. The van der Waals surface area contributed by atoms with Gasteiger partial charge in [0.25, 0.3) is 5.91 Å². The van der Waals surface area contributed by atoms with Crippen molar-refractivity contribution < 1.29 is 14.4 Å². The molecule has 4 aliphatic rings. The van der Waals surface area contributed by atoms with Crippen LogP contribution in [0.1, 0.15) is 71.1 Å². The third-order valence-electron chi connectivity index (χ3n) is 7.54. The summed E-state index contributed by atoms with van der Waals surface area (Å²) in [6, 6.07) is -0.304. The van der Waals surface area contributed by atoms with Crippen LogP contribution in [0.15, 0.2) is 0 Å². The first-order valence-electron chi connectivity index (χ1n) is 11.7. The highest BCUT2D eigenvalue weighted by Gasteiger charge is 2.54. The number of hydrogen-bond acceptors (Lipinski definition) is 4. The van der Waals surface area contributed by atoms with E-state index in [1.807, 2.05) is 4.90 Å². The lowest BCUT2D eigenvalue weighted by atomic mass is 9.86. The van der Waals surface area contributed by atoms with Crippen molar-refractivity contribution in [1.82, 2.24) is 20.0 Å². The van der Waals surface area contributed by atoms with Crippen molar-refractivity contribution in [2.75, 3.05) is 32.7 Å². The minimum absolute atomic E-state index is 0.0318. The van der Waals surface area contributed by atoms with E-state index < -0.39 is 5.54 Å². The number of nitrogens with one attached hydrogen (secondary N) is 1. The second-order valence-electron chi connectivity index (χ2n) is 9.42. The smallest absolute Gasteiger partial charge is 0.325 e. The van der Waals surface area contributed by atoms with Gasteiger partial charge in [0, 0.05) is 38.1 Å². The number of likely N-dealkylation sites (tertiary alicyclic amines) is 2. The number of piperidine rings is 2. The van der Waals surface area contributed by atoms with Gasteiger partial charge in [-0.05, 0) is 51.5 Å². The van der Waals surface area contributed by atoms with E-state index in [1.54, 1.807) is 0 Å². The first-order valence-corrected chi connectivity index (χ1v) is 11.7. The molecule has 4 rings (SSSR count). The van der Waals surface area contributed by atoms with E-state index in [0.717, 1.165) is 51.7 Å². The van der Waals surface area contributed by atoms with E-state index in [2.05, 4.69) is 17.1 Å². The molecular formula is C22H36N4O3. The second-order valence-corrected chi connectivity index (χ2v) is 9.42. The maximum absolute atomic E-state index is 13.3. The van der Waals surface area contributed by atoms with Crippen LogP contribution in [0.2, 0.25) is 0 Å². The maximum Gasteiger partial charge on any atom is 0.325 e. The van der Waals surface area contributed by atoms with Gasteiger partial charge < -0.3 is 15.1 Å². The van der Waals surface area contributed by atoms with Crippen LogP contribution in [-0.4, -0.2) is 76.8 Å². The first-order chi connectivity index (χ1) is 14.0. The highest BCUT2D eigenvalue weighted by molar-refractivity contribution is 6.07. The molecule has 0 bridgehead atoms. The van der Waals surface area contributed by atoms with Gasteiger partial charge in [-0.3, -0.25) is 14.5 Å². The number of amides is 4. The van der Waals surface area contributed by atoms with Crippen LogP contribution >= 0.6 is 0 Å². The molecule has 0 unspecified atom stereocenters. The molecular weight excluding hydrogens is 368 g/mol. The zero-order valence-electron chi connectivity index (χ0n) is 17.8. The van der Waals surface area contributed by atoms with E-state index in [9.17, 15) is 14.4 Å². The van der Waals surface area contributed by atoms with Crippen molar-refractivity contribution in [3.05, 3.63) is 0 Å². The molecule has 7 heteroatoms. The summed E-state index contributed by atoms with van der Waals surface area (Å²) in [5.74, 6) is 0.449. The summed E-state index contributed by atoms with van der Waals surface area (Å²) in [6.07, 6.45) is 9.52. The van der Waals surface area contributed by atoms with Crippen LogP contribution in [0.25, 0.3) is 0 Å². The normalized spacial score (nSPS) is 26.9. The van der Waals surface area contributed by atoms with Crippen LogP contribution in [-0.2, 0) is 9.59 Å². The minimum Gasteiger partial charge on any atom is -0.342 e. The molecule has 0 aromatic heterocycles. The molecule has 1 saturated carbocycles. The third kappa shape index (κ3) is 4.03. The standard InChI is InChI=1S/C22H36N4O3/c1-2-12-24-15-10-22(11-16-24)20(28)26(21(29)23-22)18-8-13-25(14-9-18)19(27)17-6-4-3-5-7-17/h17-18H,2-16H2,1H3,(H,23,29).